The minimum absolute atomic E-state index is 0.343. The van der Waals surface area contributed by atoms with Gasteiger partial charge < -0.3 is 14.8 Å². The third kappa shape index (κ3) is 5.27. The summed E-state index contributed by atoms with van der Waals surface area (Å²) < 4.78 is 10.6. The van der Waals surface area contributed by atoms with E-state index < -0.39 is 5.97 Å². The number of nitrogens with zero attached hydrogens (tertiary/aromatic N) is 3. The average molecular weight is 481 g/mol. The molecule has 36 heavy (non-hydrogen) atoms. The fraction of sp³-hybridized carbons (Fsp3) is 0.207. The van der Waals surface area contributed by atoms with Gasteiger partial charge in [0.05, 0.1) is 20.3 Å². The highest BCUT2D eigenvalue weighted by atomic mass is 16.5. The first kappa shape index (κ1) is 23.7. The molecular weight excluding hydrogens is 452 g/mol. The third-order valence-corrected chi connectivity index (χ3v) is 6.20. The SMILES string of the molecule is COC(=O)c1c(Nc2ccc(CN3CCOCC3)cc2)nnc(-c2ccccc2)c1-c1ccccc1. The van der Waals surface area contributed by atoms with Crippen LogP contribution in [0.15, 0.2) is 84.9 Å². The van der Waals surface area contributed by atoms with Gasteiger partial charge in [-0.05, 0) is 23.3 Å². The number of nitrogens with one attached hydrogen (secondary N) is 1. The van der Waals surface area contributed by atoms with Crippen LogP contribution in [0.25, 0.3) is 22.4 Å². The predicted molar refractivity (Wildman–Crippen MR) is 140 cm³/mol. The molecule has 1 aliphatic heterocycles. The molecule has 0 spiro atoms. The van der Waals surface area contributed by atoms with Crippen molar-refractivity contribution in [2.45, 2.75) is 6.54 Å². The molecule has 1 N–H and O–H groups in total. The molecule has 182 valence electrons. The molecule has 2 heterocycles. The van der Waals surface area contributed by atoms with E-state index in [0.717, 1.165) is 49.7 Å². The van der Waals surface area contributed by atoms with E-state index >= 15 is 0 Å². The normalized spacial score (nSPS) is 13.8. The lowest BCUT2D eigenvalue weighted by Gasteiger charge is -2.26. The number of aromatic nitrogens is 2. The molecule has 3 aromatic carbocycles. The van der Waals surface area contributed by atoms with Gasteiger partial charge in [-0.25, -0.2) is 4.79 Å². The molecule has 5 rings (SSSR count). The van der Waals surface area contributed by atoms with E-state index in [1.165, 1.54) is 12.7 Å². The zero-order valence-electron chi connectivity index (χ0n) is 20.2. The second kappa shape index (κ2) is 11.1. The maximum Gasteiger partial charge on any atom is 0.342 e. The van der Waals surface area contributed by atoms with Gasteiger partial charge in [0.2, 0.25) is 0 Å². The molecule has 0 atom stereocenters. The predicted octanol–water partition coefficient (Wildman–Crippen LogP) is 5.17. The minimum atomic E-state index is -0.479. The van der Waals surface area contributed by atoms with Crippen LogP contribution >= 0.6 is 0 Å². The lowest BCUT2D eigenvalue weighted by molar-refractivity contribution is 0.0342. The summed E-state index contributed by atoms with van der Waals surface area (Å²) in [7, 11) is 1.38. The maximum atomic E-state index is 13.1. The molecule has 1 aliphatic rings. The highest BCUT2D eigenvalue weighted by molar-refractivity contribution is 6.05. The molecule has 0 aliphatic carbocycles. The summed E-state index contributed by atoms with van der Waals surface area (Å²) >= 11 is 0. The molecule has 7 nitrogen and oxygen atoms in total. The Kier molecular flexibility index (Phi) is 7.30. The molecule has 4 aromatic rings. The molecule has 1 aromatic heterocycles. The Balaban J connectivity index is 1.52. The summed E-state index contributed by atoms with van der Waals surface area (Å²) in [6, 6.07) is 27.6. The lowest BCUT2D eigenvalue weighted by atomic mass is 9.95. The Hall–Kier alpha value is -4.07. The van der Waals surface area contributed by atoms with Crippen LogP contribution in [0.5, 0.6) is 0 Å². The standard InChI is InChI=1S/C29H28N4O3/c1-35-29(34)26-25(22-8-4-2-5-9-22)27(23-10-6-3-7-11-23)31-32-28(26)30-24-14-12-21(13-15-24)20-33-16-18-36-19-17-33/h2-15H,16-20H2,1H3,(H,30,32). The van der Waals surface area contributed by atoms with Crippen molar-refractivity contribution in [3.63, 3.8) is 0 Å². The van der Waals surface area contributed by atoms with E-state index in [-0.39, 0.29) is 0 Å². The van der Waals surface area contributed by atoms with Crippen LogP contribution in [-0.2, 0) is 16.0 Å². The van der Waals surface area contributed by atoms with E-state index in [1.807, 2.05) is 72.8 Å². The van der Waals surface area contributed by atoms with Crippen molar-refractivity contribution in [3.8, 4) is 22.4 Å². The van der Waals surface area contributed by atoms with Crippen molar-refractivity contribution in [1.29, 1.82) is 0 Å². The van der Waals surface area contributed by atoms with E-state index in [9.17, 15) is 4.79 Å². The van der Waals surface area contributed by atoms with Crippen molar-refractivity contribution in [3.05, 3.63) is 96.1 Å². The van der Waals surface area contributed by atoms with Crippen LogP contribution in [-0.4, -0.2) is 54.5 Å². The summed E-state index contributed by atoms with van der Waals surface area (Å²) in [4.78, 5) is 15.5. The van der Waals surface area contributed by atoms with Gasteiger partial charge in [0.1, 0.15) is 11.3 Å². The highest BCUT2D eigenvalue weighted by Crippen LogP contribution is 2.37. The monoisotopic (exact) mass is 480 g/mol. The maximum absolute atomic E-state index is 13.1. The minimum Gasteiger partial charge on any atom is -0.465 e. The Labute approximate surface area is 210 Å². The zero-order chi connectivity index (χ0) is 24.7. The molecule has 0 unspecified atom stereocenters. The molecule has 0 bridgehead atoms. The molecule has 0 amide bonds. The summed E-state index contributed by atoms with van der Waals surface area (Å²) in [6.45, 7) is 4.30. The Morgan fingerprint density at radius 1 is 0.889 bits per heavy atom. The Morgan fingerprint density at radius 2 is 1.53 bits per heavy atom. The molecule has 0 saturated carbocycles. The summed E-state index contributed by atoms with van der Waals surface area (Å²) in [5, 5.41) is 12.3. The summed E-state index contributed by atoms with van der Waals surface area (Å²) in [5.41, 5.74) is 5.39. The summed E-state index contributed by atoms with van der Waals surface area (Å²) in [5.74, 6) is -0.131. The number of benzene rings is 3. The number of ether oxygens (including phenoxy) is 2. The van der Waals surface area contributed by atoms with Crippen LogP contribution in [0.4, 0.5) is 11.5 Å². The van der Waals surface area contributed by atoms with E-state index in [4.69, 9.17) is 9.47 Å². The van der Waals surface area contributed by atoms with E-state index in [2.05, 4.69) is 32.5 Å². The van der Waals surface area contributed by atoms with Gasteiger partial charge in [-0.1, -0.05) is 72.8 Å². The number of hydrogen-bond acceptors (Lipinski definition) is 7. The van der Waals surface area contributed by atoms with Crippen LogP contribution in [0.3, 0.4) is 0 Å². The van der Waals surface area contributed by atoms with Gasteiger partial charge in [-0.15, -0.1) is 10.2 Å². The Morgan fingerprint density at radius 3 is 2.17 bits per heavy atom. The largest absolute Gasteiger partial charge is 0.465 e. The fourth-order valence-electron chi connectivity index (χ4n) is 4.36. The number of carbonyl (C=O) groups excluding carboxylic acids is 1. The molecule has 0 radical (unpaired) electrons. The van der Waals surface area contributed by atoms with Gasteiger partial charge >= 0.3 is 5.97 Å². The number of carbonyl (C=O) groups is 1. The first-order valence-corrected chi connectivity index (χ1v) is 12.0. The first-order valence-electron chi connectivity index (χ1n) is 12.0. The second-order valence-corrected chi connectivity index (χ2v) is 8.58. The number of anilines is 2. The van der Waals surface area contributed by atoms with Crippen molar-refractivity contribution < 1.29 is 14.3 Å². The van der Waals surface area contributed by atoms with Gasteiger partial charge in [0, 0.05) is 36.4 Å². The van der Waals surface area contributed by atoms with Gasteiger partial charge in [-0.3, -0.25) is 4.90 Å². The number of morpholine rings is 1. The van der Waals surface area contributed by atoms with Gasteiger partial charge in [0.15, 0.2) is 5.82 Å². The highest BCUT2D eigenvalue weighted by Gasteiger charge is 2.25. The van der Waals surface area contributed by atoms with E-state index in [1.54, 1.807) is 0 Å². The number of hydrogen-bond donors (Lipinski definition) is 1. The van der Waals surface area contributed by atoms with Crippen molar-refractivity contribution in [1.82, 2.24) is 15.1 Å². The fourth-order valence-corrected chi connectivity index (χ4v) is 4.36. The topological polar surface area (TPSA) is 76.6 Å². The molecule has 1 saturated heterocycles. The van der Waals surface area contributed by atoms with Crippen LogP contribution in [0.1, 0.15) is 15.9 Å². The Bertz CT molecular complexity index is 1310. The summed E-state index contributed by atoms with van der Waals surface area (Å²) in [6.07, 6.45) is 0. The van der Waals surface area contributed by atoms with E-state index in [0.29, 0.717) is 22.6 Å². The van der Waals surface area contributed by atoms with Crippen molar-refractivity contribution in [2.75, 3.05) is 38.7 Å². The zero-order valence-corrected chi connectivity index (χ0v) is 20.2. The first-order chi connectivity index (χ1) is 17.7. The van der Waals surface area contributed by atoms with Gasteiger partial charge in [-0.2, -0.15) is 0 Å². The number of esters is 1. The lowest BCUT2D eigenvalue weighted by Crippen LogP contribution is -2.35. The molecule has 7 heteroatoms. The van der Waals surface area contributed by atoms with Crippen LogP contribution in [0.2, 0.25) is 0 Å². The molecule has 1 fully saturated rings. The number of methoxy groups -OCH3 is 1. The average Bonchev–Trinajstić information content (AvgIpc) is 2.95. The number of rotatable bonds is 7. The molecular formula is C29H28N4O3. The quantitative estimate of drug-likeness (QED) is 0.366. The van der Waals surface area contributed by atoms with Gasteiger partial charge in [0.25, 0.3) is 0 Å². The second-order valence-electron chi connectivity index (χ2n) is 8.58. The van der Waals surface area contributed by atoms with Crippen molar-refractivity contribution >= 4 is 17.5 Å². The van der Waals surface area contributed by atoms with Crippen LogP contribution < -0.4 is 5.32 Å². The smallest absolute Gasteiger partial charge is 0.342 e. The van der Waals surface area contributed by atoms with Crippen LogP contribution in [0, 0.1) is 0 Å². The van der Waals surface area contributed by atoms with Crippen molar-refractivity contribution in [2.24, 2.45) is 0 Å². The third-order valence-electron chi connectivity index (χ3n) is 6.20.